The molecule has 0 fully saturated rings. The topological polar surface area (TPSA) is 55.1 Å². The van der Waals surface area contributed by atoms with E-state index < -0.39 is 11.8 Å². The molecule has 20 heavy (non-hydrogen) atoms. The molecule has 114 valence electrons. The zero-order valence-corrected chi connectivity index (χ0v) is 13.3. The Labute approximate surface area is 131 Å². The van der Waals surface area contributed by atoms with Gasteiger partial charge in [-0.2, -0.15) is 20.5 Å². The highest BCUT2D eigenvalue weighted by Gasteiger charge is 2.13. The minimum absolute atomic E-state index is 0. The number of halogens is 3. The Balaban J connectivity index is 0.00000361. The first kappa shape index (κ1) is 19.5. The van der Waals surface area contributed by atoms with Crippen LogP contribution in [-0.4, -0.2) is 29.7 Å². The number of hydrogen-bond donors (Lipinski definition) is 2. The SMILES string of the molecule is CSCC[C@H](N)C(=O)Nc1ccc(SC(F)F)cc1.Cl. The third-order valence-corrected chi connectivity index (χ3v) is 3.68. The number of benzene rings is 1. The summed E-state index contributed by atoms with van der Waals surface area (Å²) in [6.45, 7) is 0. The van der Waals surface area contributed by atoms with Gasteiger partial charge in [-0.25, -0.2) is 0 Å². The molecule has 1 amide bonds. The summed E-state index contributed by atoms with van der Waals surface area (Å²) in [4.78, 5) is 12.2. The van der Waals surface area contributed by atoms with E-state index in [-0.39, 0.29) is 18.3 Å². The van der Waals surface area contributed by atoms with Crippen molar-refractivity contribution in [3.8, 4) is 0 Å². The highest BCUT2D eigenvalue weighted by atomic mass is 35.5. The van der Waals surface area contributed by atoms with Crippen LogP contribution in [0.5, 0.6) is 0 Å². The number of alkyl halides is 2. The van der Waals surface area contributed by atoms with Gasteiger partial charge >= 0.3 is 0 Å². The Morgan fingerprint density at radius 2 is 1.95 bits per heavy atom. The van der Waals surface area contributed by atoms with E-state index in [1.807, 2.05) is 6.26 Å². The molecule has 1 atom stereocenters. The van der Waals surface area contributed by atoms with Crippen LogP contribution in [0, 0.1) is 0 Å². The lowest BCUT2D eigenvalue weighted by molar-refractivity contribution is -0.117. The molecule has 0 bridgehead atoms. The Bertz CT molecular complexity index is 407. The summed E-state index contributed by atoms with van der Waals surface area (Å²) >= 11 is 2.10. The molecule has 0 aliphatic carbocycles. The lowest BCUT2D eigenvalue weighted by Gasteiger charge is -2.11. The second-order valence-electron chi connectivity index (χ2n) is 3.78. The van der Waals surface area contributed by atoms with Gasteiger partial charge in [0.15, 0.2) is 0 Å². The fourth-order valence-electron chi connectivity index (χ4n) is 1.33. The van der Waals surface area contributed by atoms with Gasteiger partial charge in [0.25, 0.3) is 5.76 Å². The zero-order valence-electron chi connectivity index (χ0n) is 10.8. The van der Waals surface area contributed by atoms with Gasteiger partial charge in [-0.15, -0.1) is 12.4 Å². The second kappa shape index (κ2) is 10.3. The first-order valence-corrected chi connectivity index (χ1v) is 7.90. The van der Waals surface area contributed by atoms with E-state index in [4.69, 9.17) is 5.73 Å². The minimum Gasteiger partial charge on any atom is -0.325 e. The van der Waals surface area contributed by atoms with Gasteiger partial charge in [0, 0.05) is 10.6 Å². The normalized spacial score (nSPS) is 11.8. The molecule has 0 aliphatic heterocycles. The van der Waals surface area contributed by atoms with Crippen LogP contribution in [0.1, 0.15) is 6.42 Å². The summed E-state index contributed by atoms with van der Waals surface area (Å²) in [5.41, 5.74) is 6.28. The number of carbonyl (C=O) groups is 1. The van der Waals surface area contributed by atoms with Crippen LogP contribution in [0.4, 0.5) is 14.5 Å². The highest BCUT2D eigenvalue weighted by molar-refractivity contribution is 7.99. The summed E-state index contributed by atoms with van der Waals surface area (Å²) in [6, 6.07) is 5.70. The lowest BCUT2D eigenvalue weighted by atomic mass is 10.2. The Morgan fingerprint density at radius 1 is 1.35 bits per heavy atom. The minimum atomic E-state index is -2.44. The van der Waals surface area contributed by atoms with Crippen molar-refractivity contribution in [1.82, 2.24) is 0 Å². The molecule has 3 N–H and O–H groups in total. The molecule has 1 aromatic rings. The summed E-state index contributed by atoms with van der Waals surface area (Å²) < 4.78 is 24.3. The predicted molar refractivity (Wildman–Crippen MR) is 85.2 cm³/mol. The quantitative estimate of drug-likeness (QED) is 0.745. The fourth-order valence-corrected chi connectivity index (χ4v) is 2.32. The maximum atomic E-state index is 12.1. The summed E-state index contributed by atoms with van der Waals surface area (Å²) in [5, 5.41) is 2.66. The van der Waals surface area contributed by atoms with Gasteiger partial charge in [-0.05, 0) is 42.7 Å². The van der Waals surface area contributed by atoms with Gasteiger partial charge < -0.3 is 11.1 Å². The van der Waals surface area contributed by atoms with Crippen molar-refractivity contribution in [2.45, 2.75) is 23.1 Å². The standard InChI is InChI=1S/C12H16F2N2OS2.ClH/c1-18-7-6-10(15)11(17)16-8-2-4-9(5-3-8)19-12(13)14;/h2-5,10,12H,6-7,15H2,1H3,(H,16,17);1H/t10-;/m0./s1. The van der Waals surface area contributed by atoms with Crippen molar-refractivity contribution in [2.75, 3.05) is 17.3 Å². The van der Waals surface area contributed by atoms with Crippen molar-refractivity contribution >= 4 is 47.5 Å². The Kier molecular flexibility index (Phi) is 10.0. The van der Waals surface area contributed by atoms with Crippen LogP contribution in [0.2, 0.25) is 0 Å². The zero-order chi connectivity index (χ0) is 14.3. The number of anilines is 1. The Morgan fingerprint density at radius 3 is 2.45 bits per heavy atom. The number of amides is 1. The van der Waals surface area contributed by atoms with E-state index >= 15 is 0 Å². The second-order valence-corrected chi connectivity index (χ2v) is 5.83. The van der Waals surface area contributed by atoms with E-state index in [1.54, 1.807) is 36.0 Å². The van der Waals surface area contributed by atoms with Gasteiger partial charge in [-0.3, -0.25) is 4.79 Å². The van der Waals surface area contributed by atoms with Crippen molar-refractivity contribution in [2.24, 2.45) is 5.73 Å². The molecule has 0 unspecified atom stereocenters. The Hall–Kier alpha value is -0.500. The van der Waals surface area contributed by atoms with Crippen LogP contribution in [0.3, 0.4) is 0 Å². The van der Waals surface area contributed by atoms with Crippen molar-refractivity contribution in [3.63, 3.8) is 0 Å². The lowest BCUT2D eigenvalue weighted by Crippen LogP contribution is -2.36. The van der Waals surface area contributed by atoms with Crippen LogP contribution in [0.25, 0.3) is 0 Å². The number of hydrogen-bond acceptors (Lipinski definition) is 4. The molecule has 0 saturated heterocycles. The average molecular weight is 343 g/mol. The molecule has 0 saturated carbocycles. The van der Waals surface area contributed by atoms with Gasteiger partial charge in [0.1, 0.15) is 0 Å². The van der Waals surface area contributed by atoms with Crippen LogP contribution in [0.15, 0.2) is 29.2 Å². The number of thioether (sulfide) groups is 2. The molecule has 0 heterocycles. The van der Waals surface area contributed by atoms with Crippen LogP contribution < -0.4 is 11.1 Å². The first-order valence-electron chi connectivity index (χ1n) is 5.63. The summed E-state index contributed by atoms with van der Waals surface area (Å²) in [6.07, 6.45) is 2.55. The van der Waals surface area contributed by atoms with E-state index in [2.05, 4.69) is 5.32 Å². The van der Waals surface area contributed by atoms with Crippen molar-refractivity contribution < 1.29 is 13.6 Å². The smallest absolute Gasteiger partial charge is 0.288 e. The molecule has 0 aromatic heterocycles. The molecule has 8 heteroatoms. The van der Waals surface area contributed by atoms with Gasteiger partial charge in [-0.1, -0.05) is 11.8 Å². The third-order valence-electron chi connectivity index (χ3n) is 2.32. The summed E-state index contributed by atoms with van der Waals surface area (Å²) in [7, 11) is 0. The van der Waals surface area contributed by atoms with Crippen LogP contribution >= 0.6 is 35.9 Å². The predicted octanol–water partition coefficient (Wildman–Crippen LogP) is 3.44. The molecule has 0 radical (unpaired) electrons. The van der Waals surface area contributed by atoms with E-state index in [1.165, 1.54) is 0 Å². The van der Waals surface area contributed by atoms with Crippen LogP contribution in [-0.2, 0) is 4.79 Å². The fraction of sp³-hybridized carbons (Fsp3) is 0.417. The maximum absolute atomic E-state index is 12.1. The van der Waals surface area contributed by atoms with E-state index in [9.17, 15) is 13.6 Å². The molecule has 3 nitrogen and oxygen atoms in total. The van der Waals surface area contributed by atoms with Crippen molar-refractivity contribution in [1.29, 1.82) is 0 Å². The largest absolute Gasteiger partial charge is 0.325 e. The van der Waals surface area contributed by atoms with E-state index in [0.717, 1.165) is 5.75 Å². The number of nitrogens with two attached hydrogens (primary N) is 1. The first-order chi connectivity index (χ1) is 9.02. The monoisotopic (exact) mass is 342 g/mol. The van der Waals surface area contributed by atoms with E-state index in [0.29, 0.717) is 28.8 Å². The maximum Gasteiger partial charge on any atom is 0.288 e. The molecular weight excluding hydrogens is 326 g/mol. The molecule has 1 aromatic carbocycles. The molecule has 0 aliphatic rings. The summed E-state index contributed by atoms with van der Waals surface area (Å²) in [5.74, 6) is -1.89. The average Bonchev–Trinajstić information content (AvgIpc) is 2.37. The molecule has 0 spiro atoms. The van der Waals surface area contributed by atoms with Gasteiger partial charge in [0.2, 0.25) is 5.91 Å². The third kappa shape index (κ3) is 7.33. The van der Waals surface area contributed by atoms with Gasteiger partial charge in [0.05, 0.1) is 6.04 Å². The molecule has 1 rings (SSSR count). The highest BCUT2D eigenvalue weighted by Crippen LogP contribution is 2.26. The number of carbonyl (C=O) groups excluding carboxylic acids is 1. The number of rotatable bonds is 7. The molecular formula is C12H17ClF2N2OS2. The van der Waals surface area contributed by atoms with Crippen molar-refractivity contribution in [3.05, 3.63) is 24.3 Å². The number of nitrogens with one attached hydrogen (secondary N) is 1.